The lowest BCUT2D eigenvalue weighted by molar-refractivity contribution is -0.126. The van der Waals surface area contributed by atoms with Gasteiger partial charge in [0.1, 0.15) is 0 Å². The highest BCUT2D eigenvalue weighted by molar-refractivity contribution is 6.33. The fraction of sp³-hybridized carbons (Fsp3) is 0.286. The summed E-state index contributed by atoms with van der Waals surface area (Å²) in [6.45, 7) is 0.509. The van der Waals surface area contributed by atoms with Crippen molar-refractivity contribution in [2.45, 2.75) is 6.42 Å². The monoisotopic (exact) mass is 276 g/mol. The number of para-hydroxylation sites is 1. The van der Waals surface area contributed by atoms with Gasteiger partial charge in [0.15, 0.2) is 0 Å². The Morgan fingerprint density at radius 3 is 2.95 bits per heavy atom. The third-order valence-electron chi connectivity index (χ3n) is 3.00. The molecule has 4 nitrogen and oxygen atoms in total. The van der Waals surface area contributed by atoms with Gasteiger partial charge in [-0.15, -0.1) is 6.42 Å². The van der Waals surface area contributed by atoms with Gasteiger partial charge in [0.2, 0.25) is 11.8 Å². The van der Waals surface area contributed by atoms with Crippen molar-refractivity contribution in [3.63, 3.8) is 0 Å². The predicted octanol–water partition coefficient (Wildman–Crippen LogP) is 1.44. The number of benzene rings is 1. The third-order valence-corrected chi connectivity index (χ3v) is 3.32. The maximum atomic E-state index is 12.0. The van der Waals surface area contributed by atoms with Crippen LogP contribution in [0.1, 0.15) is 6.42 Å². The zero-order valence-electron chi connectivity index (χ0n) is 10.2. The summed E-state index contributed by atoms with van der Waals surface area (Å²) < 4.78 is 0. The first-order valence-electron chi connectivity index (χ1n) is 5.89. The van der Waals surface area contributed by atoms with E-state index < -0.39 is 0 Å². The van der Waals surface area contributed by atoms with Gasteiger partial charge >= 0.3 is 0 Å². The number of terminal acetylenes is 1. The second kappa shape index (κ2) is 5.77. The van der Waals surface area contributed by atoms with Crippen LogP contribution in [0.5, 0.6) is 0 Å². The van der Waals surface area contributed by atoms with Crippen molar-refractivity contribution in [3.05, 3.63) is 29.3 Å². The topological polar surface area (TPSA) is 49.4 Å². The quantitative estimate of drug-likeness (QED) is 0.850. The van der Waals surface area contributed by atoms with Crippen molar-refractivity contribution in [1.82, 2.24) is 5.32 Å². The Labute approximate surface area is 116 Å². The van der Waals surface area contributed by atoms with E-state index in [0.717, 1.165) is 0 Å². The number of nitrogens with zero attached hydrogens (tertiary/aromatic N) is 1. The number of hydrogen-bond acceptors (Lipinski definition) is 2. The molecule has 2 amide bonds. The molecule has 0 saturated carbocycles. The van der Waals surface area contributed by atoms with Gasteiger partial charge in [-0.05, 0) is 12.1 Å². The average Bonchev–Trinajstić information content (AvgIpc) is 2.78. The Kier molecular flexibility index (Phi) is 4.08. The number of hydrogen-bond donors (Lipinski definition) is 1. The Morgan fingerprint density at radius 2 is 2.26 bits per heavy atom. The Bertz CT molecular complexity index is 551. The van der Waals surface area contributed by atoms with E-state index in [1.165, 1.54) is 0 Å². The van der Waals surface area contributed by atoms with Gasteiger partial charge in [0, 0.05) is 13.0 Å². The van der Waals surface area contributed by atoms with Gasteiger partial charge in [-0.3, -0.25) is 9.59 Å². The number of anilines is 1. The molecule has 5 heteroatoms. The molecule has 1 saturated heterocycles. The van der Waals surface area contributed by atoms with Gasteiger partial charge in [0.05, 0.1) is 23.2 Å². The van der Waals surface area contributed by atoms with Crippen LogP contribution in [0.3, 0.4) is 0 Å². The van der Waals surface area contributed by atoms with E-state index in [9.17, 15) is 9.59 Å². The van der Waals surface area contributed by atoms with Crippen LogP contribution >= 0.6 is 11.6 Å². The highest BCUT2D eigenvalue weighted by atomic mass is 35.5. The maximum absolute atomic E-state index is 12.0. The van der Waals surface area contributed by atoms with E-state index in [1.54, 1.807) is 29.2 Å². The van der Waals surface area contributed by atoms with Crippen LogP contribution in [-0.2, 0) is 9.59 Å². The molecule has 1 aromatic rings. The lowest BCUT2D eigenvalue weighted by atomic mass is 10.1. The molecule has 0 radical (unpaired) electrons. The van der Waals surface area contributed by atoms with E-state index in [-0.39, 0.29) is 30.7 Å². The second-order valence-electron chi connectivity index (χ2n) is 4.28. The second-order valence-corrected chi connectivity index (χ2v) is 4.69. The van der Waals surface area contributed by atoms with Crippen LogP contribution in [0.15, 0.2) is 24.3 Å². The van der Waals surface area contributed by atoms with Crippen LogP contribution in [0.25, 0.3) is 0 Å². The number of rotatable bonds is 3. The van der Waals surface area contributed by atoms with E-state index in [4.69, 9.17) is 18.0 Å². The summed E-state index contributed by atoms with van der Waals surface area (Å²) in [5.74, 6) is 1.66. The largest absolute Gasteiger partial charge is 0.345 e. The molecule has 19 heavy (non-hydrogen) atoms. The molecular weight excluding hydrogens is 264 g/mol. The van der Waals surface area contributed by atoms with Crippen LogP contribution < -0.4 is 10.2 Å². The zero-order chi connectivity index (χ0) is 13.8. The van der Waals surface area contributed by atoms with Crippen LogP contribution in [-0.4, -0.2) is 24.9 Å². The first-order valence-corrected chi connectivity index (χ1v) is 6.27. The van der Waals surface area contributed by atoms with E-state index >= 15 is 0 Å². The first-order chi connectivity index (χ1) is 9.13. The first kappa shape index (κ1) is 13.4. The molecule has 1 heterocycles. The van der Waals surface area contributed by atoms with Gasteiger partial charge in [0.25, 0.3) is 0 Å². The summed E-state index contributed by atoms with van der Waals surface area (Å²) in [5, 5.41) is 3.10. The average molecular weight is 277 g/mol. The number of nitrogens with one attached hydrogen (secondary N) is 1. The number of amides is 2. The number of carbonyl (C=O) groups excluding carboxylic acids is 2. The lowest BCUT2D eigenvalue weighted by Crippen LogP contribution is -2.33. The summed E-state index contributed by atoms with van der Waals surface area (Å²) in [6, 6.07) is 7.08. The van der Waals surface area contributed by atoms with Crippen LogP contribution in [0.2, 0.25) is 5.02 Å². The molecule has 98 valence electrons. The van der Waals surface area contributed by atoms with E-state index in [2.05, 4.69) is 11.2 Å². The molecule has 0 aromatic heterocycles. The summed E-state index contributed by atoms with van der Waals surface area (Å²) in [6.07, 6.45) is 5.26. The SMILES string of the molecule is C#CCNC(=O)C1CC(=O)N(c2ccccc2Cl)C1. The molecular formula is C14H13ClN2O2. The molecule has 1 unspecified atom stereocenters. The molecule has 0 bridgehead atoms. The third kappa shape index (κ3) is 2.88. The molecule has 1 fully saturated rings. The zero-order valence-corrected chi connectivity index (χ0v) is 11.0. The highest BCUT2D eigenvalue weighted by Crippen LogP contribution is 2.30. The number of halogens is 1. The van der Waals surface area contributed by atoms with E-state index in [0.29, 0.717) is 17.3 Å². The minimum absolute atomic E-state index is 0.103. The predicted molar refractivity (Wildman–Crippen MR) is 73.8 cm³/mol. The summed E-state index contributed by atoms with van der Waals surface area (Å²) in [4.78, 5) is 25.3. The molecule has 1 atom stereocenters. The van der Waals surface area contributed by atoms with Crippen molar-refractivity contribution < 1.29 is 9.59 Å². The van der Waals surface area contributed by atoms with Gasteiger partial charge < -0.3 is 10.2 Å². The maximum Gasteiger partial charge on any atom is 0.227 e. The van der Waals surface area contributed by atoms with Crippen molar-refractivity contribution >= 4 is 29.1 Å². The molecule has 1 N–H and O–H groups in total. The summed E-state index contributed by atoms with van der Waals surface area (Å²) in [7, 11) is 0. The fourth-order valence-corrected chi connectivity index (χ4v) is 2.31. The fourth-order valence-electron chi connectivity index (χ4n) is 2.07. The van der Waals surface area contributed by atoms with Gasteiger partial charge in [-0.2, -0.15) is 0 Å². The Morgan fingerprint density at radius 1 is 1.53 bits per heavy atom. The van der Waals surface area contributed by atoms with Crippen molar-refractivity contribution in [3.8, 4) is 12.3 Å². The van der Waals surface area contributed by atoms with Crippen LogP contribution in [0.4, 0.5) is 5.69 Å². The minimum atomic E-state index is -0.378. The molecule has 0 aliphatic carbocycles. The molecule has 0 spiro atoms. The molecule has 1 aliphatic rings. The smallest absolute Gasteiger partial charge is 0.227 e. The van der Waals surface area contributed by atoms with Crippen molar-refractivity contribution in [2.75, 3.05) is 18.0 Å². The molecule has 1 aliphatic heterocycles. The minimum Gasteiger partial charge on any atom is -0.345 e. The van der Waals surface area contributed by atoms with Crippen molar-refractivity contribution in [1.29, 1.82) is 0 Å². The van der Waals surface area contributed by atoms with Crippen molar-refractivity contribution in [2.24, 2.45) is 5.92 Å². The Balaban J connectivity index is 2.10. The number of carbonyl (C=O) groups is 2. The van der Waals surface area contributed by atoms with Crippen LogP contribution in [0, 0.1) is 18.3 Å². The lowest BCUT2D eigenvalue weighted by Gasteiger charge is -2.17. The Hall–Kier alpha value is -1.99. The molecule has 1 aromatic carbocycles. The molecule has 2 rings (SSSR count). The van der Waals surface area contributed by atoms with Gasteiger partial charge in [-0.1, -0.05) is 29.7 Å². The van der Waals surface area contributed by atoms with E-state index in [1.807, 2.05) is 0 Å². The highest BCUT2D eigenvalue weighted by Gasteiger charge is 2.35. The van der Waals surface area contributed by atoms with Gasteiger partial charge in [-0.25, -0.2) is 0 Å². The summed E-state index contributed by atoms with van der Waals surface area (Å²) >= 11 is 6.06. The summed E-state index contributed by atoms with van der Waals surface area (Å²) in [5.41, 5.74) is 0.640. The standard InChI is InChI=1S/C14H13ClN2O2/c1-2-7-16-14(19)10-8-13(18)17(9-10)12-6-4-3-5-11(12)15/h1,3-6,10H,7-9H2,(H,16,19). The normalized spacial score (nSPS) is 18.2.